The van der Waals surface area contributed by atoms with Gasteiger partial charge in [-0.2, -0.15) is 0 Å². The van der Waals surface area contributed by atoms with E-state index in [0.717, 1.165) is 12.0 Å². The number of ether oxygens (including phenoxy) is 1. The molecular weight excluding hydrogens is 340 g/mol. The number of nitrogens with one attached hydrogen (secondary N) is 2. The van der Waals surface area contributed by atoms with Gasteiger partial charge in [-0.3, -0.25) is 4.79 Å². The Balaban J connectivity index is 2.15. The highest BCUT2D eigenvalue weighted by Crippen LogP contribution is 2.18. The zero-order valence-electron chi connectivity index (χ0n) is 14.3. The Kier molecular flexibility index (Phi) is 6.55. The van der Waals surface area contributed by atoms with Crippen LogP contribution in [0.15, 0.2) is 53.4 Å². The molecule has 134 valence electrons. The van der Waals surface area contributed by atoms with Gasteiger partial charge in [0, 0.05) is 24.2 Å². The van der Waals surface area contributed by atoms with Gasteiger partial charge >= 0.3 is 0 Å². The molecule has 0 radical (unpaired) electrons. The van der Waals surface area contributed by atoms with Crippen molar-refractivity contribution >= 4 is 15.9 Å². The first kappa shape index (κ1) is 19.0. The molecule has 0 aliphatic rings. The molecule has 2 aromatic rings. The molecule has 2 aromatic carbocycles. The number of hydrogen-bond acceptors (Lipinski definition) is 4. The predicted molar refractivity (Wildman–Crippen MR) is 96.1 cm³/mol. The molecule has 6 nitrogen and oxygen atoms in total. The van der Waals surface area contributed by atoms with E-state index < -0.39 is 10.0 Å². The van der Waals surface area contributed by atoms with E-state index in [1.165, 1.54) is 19.2 Å². The molecule has 0 saturated heterocycles. The summed E-state index contributed by atoms with van der Waals surface area (Å²) in [5.74, 6) is 0.321. The number of benzene rings is 2. The Morgan fingerprint density at radius 2 is 1.88 bits per heavy atom. The van der Waals surface area contributed by atoms with E-state index in [9.17, 15) is 13.2 Å². The summed E-state index contributed by atoms with van der Waals surface area (Å²) in [4.78, 5) is 12.1. The third kappa shape index (κ3) is 5.04. The average molecular weight is 362 g/mol. The van der Waals surface area contributed by atoms with Crippen LogP contribution in [0, 0.1) is 0 Å². The first-order valence-corrected chi connectivity index (χ1v) is 9.46. The van der Waals surface area contributed by atoms with Gasteiger partial charge in [0.15, 0.2) is 0 Å². The van der Waals surface area contributed by atoms with Crippen molar-refractivity contribution < 1.29 is 17.9 Å². The van der Waals surface area contributed by atoms with Crippen molar-refractivity contribution in [1.82, 2.24) is 10.0 Å². The molecule has 0 aromatic heterocycles. The Hall–Kier alpha value is -2.38. The molecule has 25 heavy (non-hydrogen) atoms. The Bertz CT molecular complexity index is 834. The molecule has 0 saturated carbocycles. The van der Waals surface area contributed by atoms with E-state index in [4.69, 9.17) is 4.74 Å². The zero-order valence-corrected chi connectivity index (χ0v) is 15.1. The quantitative estimate of drug-likeness (QED) is 0.755. The number of rotatable bonds is 8. The van der Waals surface area contributed by atoms with Crippen LogP contribution >= 0.6 is 0 Å². The topological polar surface area (TPSA) is 84.5 Å². The fourth-order valence-corrected chi connectivity index (χ4v) is 3.30. The lowest BCUT2D eigenvalue weighted by Gasteiger charge is -2.11. The van der Waals surface area contributed by atoms with Gasteiger partial charge in [0.1, 0.15) is 5.75 Å². The van der Waals surface area contributed by atoms with E-state index >= 15 is 0 Å². The van der Waals surface area contributed by atoms with Crippen LogP contribution in [0.1, 0.15) is 29.3 Å². The summed E-state index contributed by atoms with van der Waals surface area (Å²) in [6.45, 7) is 2.59. The van der Waals surface area contributed by atoms with Crippen LogP contribution in [0.3, 0.4) is 0 Å². The van der Waals surface area contributed by atoms with Gasteiger partial charge in [0.25, 0.3) is 5.91 Å². The van der Waals surface area contributed by atoms with Crippen molar-refractivity contribution in [2.45, 2.75) is 24.8 Å². The summed E-state index contributed by atoms with van der Waals surface area (Å²) < 4.78 is 32.8. The summed E-state index contributed by atoms with van der Waals surface area (Å²) in [6, 6.07) is 13.2. The minimum atomic E-state index is -3.75. The van der Waals surface area contributed by atoms with Gasteiger partial charge in [-0.05, 0) is 30.7 Å². The first-order valence-electron chi connectivity index (χ1n) is 7.97. The lowest BCUT2D eigenvalue weighted by atomic mass is 10.2. The minimum absolute atomic E-state index is 0.0477. The van der Waals surface area contributed by atoms with E-state index in [0.29, 0.717) is 17.9 Å². The number of hydrogen-bond donors (Lipinski definition) is 2. The van der Waals surface area contributed by atoms with Crippen LogP contribution in [0.25, 0.3) is 0 Å². The van der Waals surface area contributed by atoms with E-state index in [-0.39, 0.29) is 17.3 Å². The van der Waals surface area contributed by atoms with E-state index in [1.807, 2.05) is 19.1 Å². The molecule has 2 N–H and O–H groups in total. The normalized spacial score (nSPS) is 11.1. The number of carbonyl (C=O) groups is 1. The minimum Gasteiger partial charge on any atom is -0.496 e. The summed E-state index contributed by atoms with van der Waals surface area (Å²) in [6.07, 6.45) is 0.810. The summed E-state index contributed by atoms with van der Waals surface area (Å²) in [7, 11) is -2.21. The lowest BCUT2D eigenvalue weighted by molar-refractivity contribution is 0.0953. The maximum absolute atomic E-state index is 12.5. The average Bonchev–Trinajstić information content (AvgIpc) is 2.64. The third-order valence-corrected chi connectivity index (χ3v) is 4.99. The number of methoxy groups -OCH3 is 1. The molecule has 0 spiro atoms. The zero-order chi connectivity index (χ0) is 18.3. The molecule has 0 aliphatic carbocycles. The number of carbonyl (C=O) groups excluding carboxylic acids is 1. The highest BCUT2D eigenvalue weighted by molar-refractivity contribution is 7.89. The fourth-order valence-electron chi connectivity index (χ4n) is 2.25. The van der Waals surface area contributed by atoms with Crippen LogP contribution in [0.4, 0.5) is 0 Å². The van der Waals surface area contributed by atoms with E-state index in [1.54, 1.807) is 24.3 Å². The second kappa shape index (κ2) is 8.64. The Labute approximate surface area is 148 Å². The van der Waals surface area contributed by atoms with Crippen molar-refractivity contribution in [3.8, 4) is 5.75 Å². The van der Waals surface area contributed by atoms with Crippen LogP contribution in [-0.4, -0.2) is 28.0 Å². The molecule has 0 atom stereocenters. The van der Waals surface area contributed by atoms with Gasteiger partial charge in [-0.15, -0.1) is 0 Å². The molecule has 0 bridgehead atoms. The van der Waals surface area contributed by atoms with Crippen molar-refractivity contribution in [3.05, 3.63) is 59.7 Å². The third-order valence-electron chi connectivity index (χ3n) is 3.59. The van der Waals surface area contributed by atoms with Crippen molar-refractivity contribution in [3.63, 3.8) is 0 Å². The highest BCUT2D eigenvalue weighted by atomic mass is 32.2. The molecule has 0 heterocycles. The van der Waals surface area contributed by atoms with Gasteiger partial charge < -0.3 is 10.1 Å². The van der Waals surface area contributed by atoms with Crippen LogP contribution in [-0.2, 0) is 16.6 Å². The molecule has 0 aliphatic heterocycles. The second-order valence-electron chi connectivity index (χ2n) is 5.42. The summed E-state index contributed by atoms with van der Waals surface area (Å²) in [5, 5.41) is 2.73. The van der Waals surface area contributed by atoms with Gasteiger partial charge in [-0.25, -0.2) is 13.1 Å². The van der Waals surface area contributed by atoms with Crippen molar-refractivity contribution in [1.29, 1.82) is 0 Å². The second-order valence-corrected chi connectivity index (χ2v) is 7.19. The monoisotopic (exact) mass is 362 g/mol. The summed E-state index contributed by atoms with van der Waals surface area (Å²) in [5.41, 5.74) is 1.04. The molecular formula is C18H22N2O4S. The smallest absolute Gasteiger partial charge is 0.251 e. The SMILES string of the molecule is CCCNC(=O)c1cccc(S(=O)(=O)NCc2ccccc2OC)c1. The molecule has 7 heteroatoms. The lowest BCUT2D eigenvalue weighted by Crippen LogP contribution is -2.26. The van der Waals surface area contributed by atoms with Crippen LogP contribution in [0.2, 0.25) is 0 Å². The summed E-state index contributed by atoms with van der Waals surface area (Å²) >= 11 is 0. The maximum atomic E-state index is 12.5. The number of amides is 1. The Morgan fingerprint density at radius 3 is 2.60 bits per heavy atom. The first-order chi connectivity index (χ1) is 12.0. The molecule has 2 rings (SSSR count). The number of sulfonamides is 1. The maximum Gasteiger partial charge on any atom is 0.251 e. The largest absolute Gasteiger partial charge is 0.496 e. The molecule has 0 unspecified atom stereocenters. The van der Waals surface area contributed by atoms with Crippen molar-refractivity contribution in [2.24, 2.45) is 0 Å². The van der Waals surface area contributed by atoms with Crippen LogP contribution in [0.5, 0.6) is 5.75 Å². The fraction of sp³-hybridized carbons (Fsp3) is 0.278. The molecule has 1 amide bonds. The van der Waals surface area contributed by atoms with Crippen LogP contribution < -0.4 is 14.8 Å². The number of para-hydroxylation sites is 1. The molecule has 0 fully saturated rings. The van der Waals surface area contributed by atoms with Crippen molar-refractivity contribution in [2.75, 3.05) is 13.7 Å². The standard InChI is InChI=1S/C18H22N2O4S/c1-3-11-19-18(21)14-8-6-9-16(12-14)25(22,23)20-13-15-7-4-5-10-17(15)24-2/h4-10,12,20H,3,11,13H2,1-2H3,(H,19,21). The highest BCUT2D eigenvalue weighted by Gasteiger charge is 2.16. The van der Waals surface area contributed by atoms with Gasteiger partial charge in [0.05, 0.1) is 12.0 Å². The van der Waals surface area contributed by atoms with E-state index in [2.05, 4.69) is 10.0 Å². The van der Waals surface area contributed by atoms with Gasteiger partial charge in [-0.1, -0.05) is 31.2 Å². The van der Waals surface area contributed by atoms with Gasteiger partial charge in [0.2, 0.25) is 10.0 Å². The predicted octanol–water partition coefficient (Wildman–Crippen LogP) is 2.31. The Morgan fingerprint density at radius 1 is 1.12 bits per heavy atom.